The maximum absolute atomic E-state index is 12.2. The molecule has 0 saturated heterocycles. The van der Waals surface area contributed by atoms with Crippen molar-refractivity contribution in [2.75, 3.05) is 17.4 Å². The largest absolute Gasteiger partial charge is 0.310 e. The third kappa shape index (κ3) is 2.81. The number of anilines is 2. The zero-order valence-corrected chi connectivity index (χ0v) is 10.9. The molecule has 0 saturated carbocycles. The number of hydrogen-bond acceptors (Lipinski definition) is 5. The predicted molar refractivity (Wildman–Crippen MR) is 74.0 cm³/mol. The summed E-state index contributed by atoms with van der Waals surface area (Å²) in [4.78, 5) is 21.6. The first-order valence-corrected chi connectivity index (χ1v) is 5.81. The van der Waals surface area contributed by atoms with Crippen LogP contribution >= 0.6 is 11.6 Å². The Morgan fingerprint density at radius 3 is 2.84 bits per heavy atom. The zero-order chi connectivity index (χ0) is 13.8. The number of halogens is 1. The Hall–Kier alpha value is -2.18. The number of nitrogen functional groups attached to an aromatic ring is 1. The van der Waals surface area contributed by atoms with Crippen molar-refractivity contribution < 1.29 is 4.79 Å². The highest BCUT2D eigenvalue weighted by molar-refractivity contribution is 6.33. The zero-order valence-electron chi connectivity index (χ0n) is 10.2. The molecule has 0 unspecified atom stereocenters. The van der Waals surface area contributed by atoms with Crippen molar-refractivity contribution in [2.24, 2.45) is 5.84 Å². The Morgan fingerprint density at radius 1 is 1.47 bits per heavy atom. The molecule has 0 bridgehead atoms. The molecule has 98 valence electrons. The predicted octanol–water partition coefficient (Wildman–Crippen LogP) is 1.69. The van der Waals surface area contributed by atoms with Crippen molar-refractivity contribution in [1.29, 1.82) is 0 Å². The molecule has 3 N–H and O–H groups in total. The van der Waals surface area contributed by atoms with Crippen molar-refractivity contribution in [3.05, 3.63) is 47.4 Å². The normalized spacial score (nSPS) is 10.1. The first kappa shape index (κ1) is 13.3. The molecule has 0 spiro atoms. The van der Waals surface area contributed by atoms with Crippen LogP contribution in [0, 0.1) is 0 Å². The molecule has 2 aromatic rings. The van der Waals surface area contributed by atoms with Crippen LogP contribution in [0.3, 0.4) is 0 Å². The standard InChI is InChI=1S/C12H12ClN5O/c1-18(9-3-2-4-15-7-9)12(19)8-5-10(13)11(17-14)16-6-8/h2-7H,14H2,1H3,(H,16,17). The Labute approximate surface area is 115 Å². The molecule has 7 heteroatoms. The second-order valence-corrected chi connectivity index (χ2v) is 4.18. The van der Waals surface area contributed by atoms with E-state index >= 15 is 0 Å². The summed E-state index contributed by atoms with van der Waals surface area (Å²) in [6.07, 6.45) is 4.65. The monoisotopic (exact) mass is 277 g/mol. The average molecular weight is 278 g/mol. The maximum atomic E-state index is 12.2. The fraction of sp³-hybridized carbons (Fsp3) is 0.0833. The van der Waals surface area contributed by atoms with Gasteiger partial charge in [-0.25, -0.2) is 10.8 Å². The molecular formula is C12H12ClN5O. The fourth-order valence-electron chi connectivity index (χ4n) is 1.52. The summed E-state index contributed by atoms with van der Waals surface area (Å²) >= 11 is 5.94. The average Bonchev–Trinajstić information content (AvgIpc) is 2.46. The minimum absolute atomic E-state index is 0.231. The van der Waals surface area contributed by atoms with Crippen LogP contribution in [0.4, 0.5) is 11.5 Å². The maximum Gasteiger partial charge on any atom is 0.259 e. The van der Waals surface area contributed by atoms with Gasteiger partial charge in [0.15, 0.2) is 5.82 Å². The van der Waals surface area contributed by atoms with Crippen LogP contribution in [-0.4, -0.2) is 22.9 Å². The van der Waals surface area contributed by atoms with Gasteiger partial charge in [0.05, 0.1) is 22.5 Å². The number of rotatable bonds is 3. The Kier molecular flexibility index (Phi) is 3.94. The summed E-state index contributed by atoms with van der Waals surface area (Å²) < 4.78 is 0. The minimum atomic E-state index is -0.231. The number of carbonyl (C=O) groups excluding carboxylic acids is 1. The second-order valence-electron chi connectivity index (χ2n) is 3.77. The number of amides is 1. The summed E-state index contributed by atoms with van der Waals surface area (Å²) in [5.41, 5.74) is 3.40. The van der Waals surface area contributed by atoms with Gasteiger partial charge in [0.2, 0.25) is 0 Å². The van der Waals surface area contributed by atoms with E-state index in [4.69, 9.17) is 17.4 Å². The van der Waals surface area contributed by atoms with Gasteiger partial charge in [-0.1, -0.05) is 11.6 Å². The summed E-state index contributed by atoms with van der Waals surface area (Å²) in [5.74, 6) is 5.32. The van der Waals surface area contributed by atoms with Crippen LogP contribution in [0.2, 0.25) is 5.02 Å². The summed E-state index contributed by atoms with van der Waals surface area (Å²) in [6.45, 7) is 0. The smallest absolute Gasteiger partial charge is 0.259 e. The van der Waals surface area contributed by atoms with Crippen LogP contribution in [0.1, 0.15) is 10.4 Å². The number of nitrogens with two attached hydrogens (primary N) is 1. The van der Waals surface area contributed by atoms with Gasteiger partial charge in [0.1, 0.15) is 0 Å². The van der Waals surface area contributed by atoms with Crippen LogP contribution < -0.4 is 16.2 Å². The third-order valence-corrected chi connectivity index (χ3v) is 2.85. The van der Waals surface area contributed by atoms with E-state index in [9.17, 15) is 4.79 Å². The second kappa shape index (κ2) is 5.64. The van der Waals surface area contributed by atoms with Crippen LogP contribution in [0.15, 0.2) is 36.8 Å². The van der Waals surface area contributed by atoms with Crippen LogP contribution in [0.5, 0.6) is 0 Å². The van der Waals surface area contributed by atoms with Crippen LogP contribution in [0.25, 0.3) is 0 Å². The molecule has 2 rings (SSSR count). The Balaban J connectivity index is 2.27. The lowest BCUT2D eigenvalue weighted by Crippen LogP contribution is -2.26. The lowest BCUT2D eigenvalue weighted by atomic mass is 10.2. The van der Waals surface area contributed by atoms with Crippen molar-refractivity contribution >= 4 is 29.0 Å². The number of carbonyl (C=O) groups is 1. The van der Waals surface area contributed by atoms with E-state index in [1.165, 1.54) is 17.2 Å². The fourth-order valence-corrected chi connectivity index (χ4v) is 1.75. The number of nitrogens with one attached hydrogen (secondary N) is 1. The van der Waals surface area contributed by atoms with Gasteiger partial charge in [-0.3, -0.25) is 9.78 Å². The molecule has 0 aromatic carbocycles. The van der Waals surface area contributed by atoms with Gasteiger partial charge in [-0.05, 0) is 18.2 Å². The van der Waals surface area contributed by atoms with E-state index in [2.05, 4.69) is 15.4 Å². The Morgan fingerprint density at radius 2 is 2.26 bits per heavy atom. The van der Waals surface area contributed by atoms with Gasteiger partial charge in [-0.2, -0.15) is 0 Å². The first-order chi connectivity index (χ1) is 9.13. The number of hydrogen-bond donors (Lipinski definition) is 2. The van der Waals surface area contributed by atoms with Gasteiger partial charge in [0, 0.05) is 19.4 Å². The van der Waals surface area contributed by atoms with Gasteiger partial charge >= 0.3 is 0 Å². The first-order valence-electron chi connectivity index (χ1n) is 5.43. The van der Waals surface area contributed by atoms with Crippen LogP contribution in [-0.2, 0) is 0 Å². The molecule has 0 aliphatic carbocycles. The summed E-state index contributed by atoms with van der Waals surface area (Å²) in [6, 6.07) is 5.06. The number of aromatic nitrogens is 2. The highest BCUT2D eigenvalue weighted by Crippen LogP contribution is 2.21. The van der Waals surface area contributed by atoms with E-state index in [0.29, 0.717) is 17.1 Å². The number of nitrogens with zero attached hydrogens (tertiary/aromatic N) is 3. The molecule has 2 aromatic heterocycles. The highest BCUT2D eigenvalue weighted by atomic mass is 35.5. The molecule has 0 fully saturated rings. The van der Waals surface area contributed by atoms with E-state index in [1.54, 1.807) is 31.6 Å². The molecule has 2 heterocycles. The van der Waals surface area contributed by atoms with E-state index in [-0.39, 0.29) is 10.9 Å². The van der Waals surface area contributed by atoms with Crippen molar-refractivity contribution in [1.82, 2.24) is 9.97 Å². The van der Waals surface area contributed by atoms with Gasteiger partial charge in [-0.15, -0.1) is 0 Å². The SMILES string of the molecule is CN(C(=O)c1cnc(NN)c(Cl)c1)c1cccnc1. The van der Waals surface area contributed by atoms with E-state index in [1.807, 2.05) is 0 Å². The Bertz CT molecular complexity index is 590. The summed E-state index contributed by atoms with van der Waals surface area (Å²) in [5, 5.41) is 0.285. The number of pyridine rings is 2. The minimum Gasteiger partial charge on any atom is -0.310 e. The van der Waals surface area contributed by atoms with E-state index in [0.717, 1.165) is 0 Å². The highest BCUT2D eigenvalue weighted by Gasteiger charge is 2.15. The summed E-state index contributed by atoms with van der Waals surface area (Å²) in [7, 11) is 1.66. The molecule has 1 amide bonds. The number of hydrazine groups is 1. The molecule has 19 heavy (non-hydrogen) atoms. The van der Waals surface area contributed by atoms with Gasteiger partial charge < -0.3 is 10.3 Å². The van der Waals surface area contributed by atoms with Crippen molar-refractivity contribution in [3.63, 3.8) is 0 Å². The van der Waals surface area contributed by atoms with E-state index < -0.39 is 0 Å². The lowest BCUT2D eigenvalue weighted by molar-refractivity contribution is 0.0992. The van der Waals surface area contributed by atoms with Crippen molar-refractivity contribution in [2.45, 2.75) is 0 Å². The molecule has 6 nitrogen and oxygen atoms in total. The molecule has 0 aliphatic heterocycles. The molecule has 0 atom stereocenters. The van der Waals surface area contributed by atoms with Crippen molar-refractivity contribution in [3.8, 4) is 0 Å². The third-order valence-electron chi connectivity index (χ3n) is 2.56. The molecule has 0 aliphatic rings. The molecule has 0 radical (unpaired) electrons. The van der Waals surface area contributed by atoms with Gasteiger partial charge in [0.25, 0.3) is 5.91 Å². The lowest BCUT2D eigenvalue weighted by Gasteiger charge is -2.17. The quantitative estimate of drug-likeness (QED) is 0.659. The molecular weight excluding hydrogens is 266 g/mol. The topological polar surface area (TPSA) is 84.1 Å².